The van der Waals surface area contributed by atoms with Crippen LogP contribution in [0.15, 0.2) is 51.1 Å². The molecule has 0 aliphatic rings. The summed E-state index contributed by atoms with van der Waals surface area (Å²) in [4.78, 5) is -0.981. The molecule has 0 saturated heterocycles. The van der Waals surface area contributed by atoms with Crippen molar-refractivity contribution in [1.82, 2.24) is 0 Å². The van der Waals surface area contributed by atoms with Crippen LogP contribution in [-0.4, -0.2) is 16.8 Å². The Bertz CT molecular complexity index is 954. The molecule has 0 heterocycles. The average molecular weight is 361 g/mol. The highest BCUT2D eigenvalue weighted by molar-refractivity contribution is 7.93. The van der Waals surface area contributed by atoms with E-state index in [-0.39, 0.29) is 21.2 Å². The number of nitrogens with two attached hydrogens (primary N) is 2. The SMILES string of the molecule is Cc1cccc(S(=O)(=O)c2ccc(Cl)c(N)c2)c1S(N)(=O)=O. The van der Waals surface area contributed by atoms with E-state index in [4.69, 9.17) is 22.5 Å². The van der Waals surface area contributed by atoms with Crippen LogP contribution in [0.5, 0.6) is 0 Å². The van der Waals surface area contributed by atoms with Gasteiger partial charge in [-0.05, 0) is 36.8 Å². The topological polar surface area (TPSA) is 120 Å². The molecule has 0 amide bonds. The molecule has 2 aromatic carbocycles. The molecular weight excluding hydrogens is 348 g/mol. The van der Waals surface area contributed by atoms with Crippen LogP contribution in [0.3, 0.4) is 0 Å². The van der Waals surface area contributed by atoms with E-state index in [0.29, 0.717) is 0 Å². The van der Waals surface area contributed by atoms with Gasteiger partial charge >= 0.3 is 0 Å². The van der Waals surface area contributed by atoms with Crippen LogP contribution in [0.2, 0.25) is 5.02 Å². The maximum atomic E-state index is 12.7. The highest BCUT2D eigenvalue weighted by atomic mass is 35.5. The number of anilines is 1. The lowest BCUT2D eigenvalue weighted by Crippen LogP contribution is -2.18. The molecule has 0 saturated carbocycles. The van der Waals surface area contributed by atoms with E-state index in [9.17, 15) is 16.8 Å². The monoisotopic (exact) mass is 360 g/mol. The van der Waals surface area contributed by atoms with Gasteiger partial charge in [-0.25, -0.2) is 22.0 Å². The highest BCUT2D eigenvalue weighted by Crippen LogP contribution is 2.31. The zero-order valence-corrected chi connectivity index (χ0v) is 13.8. The minimum atomic E-state index is -4.21. The molecule has 0 aliphatic heterocycles. The number of hydrogen-bond acceptors (Lipinski definition) is 5. The normalized spacial score (nSPS) is 12.3. The summed E-state index contributed by atoms with van der Waals surface area (Å²) in [5.41, 5.74) is 5.93. The lowest BCUT2D eigenvalue weighted by Gasteiger charge is -2.12. The number of sulfone groups is 1. The minimum Gasteiger partial charge on any atom is -0.397 e. The molecule has 2 aromatic rings. The average Bonchev–Trinajstić information content (AvgIpc) is 2.40. The summed E-state index contributed by atoms with van der Waals surface area (Å²) in [6, 6.07) is 7.85. The molecule has 0 radical (unpaired) electrons. The number of halogens is 1. The van der Waals surface area contributed by atoms with Crippen LogP contribution in [0, 0.1) is 6.92 Å². The molecular formula is C13H13ClN2O4S2. The van der Waals surface area contributed by atoms with Gasteiger partial charge in [0.25, 0.3) is 0 Å². The highest BCUT2D eigenvalue weighted by Gasteiger charge is 2.27. The lowest BCUT2D eigenvalue weighted by atomic mass is 10.2. The van der Waals surface area contributed by atoms with Crippen molar-refractivity contribution in [3.05, 3.63) is 47.0 Å². The second-order valence-corrected chi connectivity index (χ2v) is 8.46. The first-order chi connectivity index (χ1) is 10.0. The van der Waals surface area contributed by atoms with E-state index in [1.165, 1.54) is 43.3 Å². The number of hydrogen-bond donors (Lipinski definition) is 2. The number of benzene rings is 2. The molecule has 0 bridgehead atoms. The van der Waals surface area contributed by atoms with Crippen LogP contribution in [0.4, 0.5) is 5.69 Å². The van der Waals surface area contributed by atoms with Crippen molar-refractivity contribution in [3.63, 3.8) is 0 Å². The fourth-order valence-corrected chi connectivity index (χ4v) is 5.12. The Labute approximate surface area is 133 Å². The third kappa shape index (κ3) is 2.95. The van der Waals surface area contributed by atoms with Crippen molar-refractivity contribution in [1.29, 1.82) is 0 Å². The van der Waals surface area contributed by atoms with E-state index in [0.717, 1.165) is 0 Å². The van der Waals surface area contributed by atoms with Crippen molar-refractivity contribution >= 4 is 37.1 Å². The Hall–Kier alpha value is -1.61. The minimum absolute atomic E-state index is 0.0764. The van der Waals surface area contributed by atoms with Gasteiger partial charge in [0.1, 0.15) is 4.90 Å². The van der Waals surface area contributed by atoms with E-state index in [1.807, 2.05) is 0 Å². The fourth-order valence-electron chi connectivity index (χ4n) is 2.02. The number of primary sulfonamides is 1. The second kappa shape index (κ2) is 5.54. The Morgan fingerprint density at radius 1 is 1.05 bits per heavy atom. The van der Waals surface area contributed by atoms with Crippen LogP contribution in [-0.2, 0) is 19.9 Å². The van der Waals surface area contributed by atoms with Crippen LogP contribution >= 0.6 is 11.6 Å². The Kier molecular flexibility index (Phi) is 4.22. The number of sulfonamides is 1. The largest absolute Gasteiger partial charge is 0.397 e. The van der Waals surface area contributed by atoms with E-state index < -0.39 is 29.7 Å². The third-order valence-corrected chi connectivity index (χ3v) is 6.41. The summed E-state index contributed by atoms with van der Waals surface area (Å²) in [5.74, 6) is 0. The van der Waals surface area contributed by atoms with Crippen molar-refractivity contribution in [3.8, 4) is 0 Å². The molecule has 2 rings (SSSR count). The molecule has 118 valence electrons. The molecule has 6 nitrogen and oxygen atoms in total. The van der Waals surface area contributed by atoms with Gasteiger partial charge in [-0.3, -0.25) is 0 Å². The van der Waals surface area contributed by atoms with E-state index in [1.54, 1.807) is 0 Å². The number of nitrogen functional groups attached to an aromatic ring is 1. The molecule has 9 heteroatoms. The van der Waals surface area contributed by atoms with E-state index >= 15 is 0 Å². The Morgan fingerprint density at radius 3 is 2.23 bits per heavy atom. The predicted molar refractivity (Wildman–Crippen MR) is 83.9 cm³/mol. The van der Waals surface area contributed by atoms with Crippen molar-refractivity contribution < 1.29 is 16.8 Å². The Balaban J connectivity index is 2.80. The van der Waals surface area contributed by atoms with Crippen LogP contribution in [0.25, 0.3) is 0 Å². The molecule has 0 atom stereocenters. The summed E-state index contributed by atoms with van der Waals surface area (Å²) < 4.78 is 48.9. The van der Waals surface area contributed by atoms with E-state index in [2.05, 4.69) is 0 Å². The first-order valence-electron chi connectivity index (χ1n) is 5.97. The van der Waals surface area contributed by atoms with Gasteiger partial charge in [0.15, 0.2) is 0 Å². The van der Waals surface area contributed by atoms with Gasteiger partial charge in [0.2, 0.25) is 19.9 Å². The first kappa shape index (κ1) is 16.8. The molecule has 0 aliphatic carbocycles. The predicted octanol–water partition coefficient (Wildman–Crippen LogP) is 1.71. The summed E-state index contributed by atoms with van der Waals surface area (Å²) >= 11 is 5.77. The van der Waals surface area contributed by atoms with Crippen LogP contribution < -0.4 is 10.9 Å². The molecule has 0 spiro atoms. The van der Waals surface area contributed by atoms with Gasteiger partial charge in [0.05, 0.1) is 20.5 Å². The lowest BCUT2D eigenvalue weighted by molar-refractivity contribution is 0.582. The van der Waals surface area contributed by atoms with Gasteiger partial charge in [0, 0.05) is 0 Å². The number of rotatable bonds is 3. The maximum absolute atomic E-state index is 12.7. The van der Waals surface area contributed by atoms with Crippen molar-refractivity contribution in [2.24, 2.45) is 5.14 Å². The zero-order chi connectivity index (χ0) is 16.7. The van der Waals surface area contributed by atoms with Gasteiger partial charge < -0.3 is 5.73 Å². The van der Waals surface area contributed by atoms with Gasteiger partial charge in [-0.15, -0.1) is 0 Å². The van der Waals surface area contributed by atoms with Gasteiger partial charge in [-0.2, -0.15) is 0 Å². The standard InChI is InChI=1S/C13H13ClN2O4S2/c1-8-3-2-4-12(13(8)22(16,19)20)21(17,18)9-5-6-10(14)11(15)7-9/h2-7H,15H2,1H3,(H2,16,19,20). The molecule has 22 heavy (non-hydrogen) atoms. The summed E-state index contributed by atoms with van der Waals surface area (Å²) in [6.07, 6.45) is 0. The fraction of sp³-hybridized carbons (Fsp3) is 0.0769. The molecule has 0 fully saturated rings. The summed E-state index contributed by atoms with van der Waals surface area (Å²) in [6.45, 7) is 1.47. The maximum Gasteiger partial charge on any atom is 0.239 e. The summed E-state index contributed by atoms with van der Waals surface area (Å²) in [7, 11) is -8.32. The third-order valence-electron chi connectivity index (χ3n) is 3.03. The van der Waals surface area contributed by atoms with Crippen molar-refractivity contribution in [2.75, 3.05) is 5.73 Å². The second-order valence-electron chi connectivity index (χ2n) is 4.63. The zero-order valence-electron chi connectivity index (χ0n) is 11.4. The first-order valence-corrected chi connectivity index (χ1v) is 9.38. The number of aryl methyl sites for hydroxylation is 1. The molecule has 4 N–H and O–H groups in total. The molecule has 0 unspecified atom stereocenters. The molecule has 0 aromatic heterocycles. The van der Waals surface area contributed by atoms with Crippen molar-refractivity contribution in [2.45, 2.75) is 21.6 Å². The van der Waals surface area contributed by atoms with Crippen LogP contribution in [0.1, 0.15) is 5.56 Å². The smallest absolute Gasteiger partial charge is 0.239 e. The van der Waals surface area contributed by atoms with Gasteiger partial charge in [-0.1, -0.05) is 23.7 Å². The summed E-state index contributed by atoms with van der Waals surface area (Å²) in [5, 5.41) is 5.35. The quantitative estimate of drug-likeness (QED) is 0.807. The Morgan fingerprint density at radius 2 is 1.68 bits per heavy atom.